The van der Waals surface area contributed by atoms with Crippen LogP contribution in [0.15, 0.2) is 55.1 Å². The number of imide groups is 2. The minimum Gasteiger partial charge on any atom is -0.462 e. The first kappa shape index (κ1) is 37.3. The second kappa shape index (κ2) is 15.5. The van der Waals surface area contributed by atoms with E-state index in [9.17, 15) is 24.0 Å². The van der Waals surface area contributed by atoms with Gasteiger partial charge in [0.1, 0.15) is 17.9 Å². The Labute approximate surface area is 328 Å². The molecule has 5 aliphatic rings. The van der Waals surface area contributed by atoms with Crippen molar-refractivity contribution >= 4 is 47.1 Å². The number of amides is 5. The van der Waals surface area contributed by atoms with Crippen molar-refractivity contribution in [3.05, 3.63) is 93.5 Å². The quantitative estimate of drug-likeness (QED) is 0.231. The third kappa shape index (κ3) is 7.48. The van der Waals surface area contributed by atoms with Gasteiger partial charge in [0.2, 0.25) is 17.8 Å². The van der Waals surface area contributed by atoms with Crippen molar-refractivity contribution in [1.82, 2.24) is 30.4 Å². The molecule has 2 N–H and O–H groups in total. The zero-order chi connectivity index (χ0) is 39.1. The molecule has 56 heavy (non-hydrogen) atoms. The molecule has 1 aliphatic carbocycles. The summed E-state index contributed by atoms with van der Waals surface area (Å²) < 4.78 is 5.94. The summed E-state index contributed by atoms with van der Waals surface area (Å²) in [4.78, 5) is 78.3. The van der Waals surface area contributed by atoms with Gasteiger partial charge in [-0.3, -0.25) is 39.1 Å². The van der Waals surface area contributed by atoms with E-state index in [1.807, 2.05) is 6.07 Å². The van der Waals surface area contributed by atoms with Crippen molar-refractivity contribution in [2.75, 3.05) is 24.5 Å². The maximum absolute atomic E-state index is 13.3. The molecule has 2 aromatic carbocycles. The van der Waals surface area contributed by atoms with Crippen molar-refractivity contribution in [2.24, 2.45) is 11.8 Å². The van der Waals surface area contributed by atoms with Gasteiger partial charge in [-0.05, 0) is 86.3 Å². The number of carbonyl (C=O) groups is 5. The second-order valence-electron chi connectivity index (χ2n) is 15.3. The number of benzene rings is 2. The highest BCUT2D eigenvalue weighted by atomic mass is 35.5. The highest BCUT2D eigenvalue weighted by Crippen LogP contribution is 2.35. The molecule has 1 unspecified atom stereocenters. The Bertz CT molecular complexity index is 2130. The van der Waals surface area contributed by atoms with Crippen molar-refractivity contribution in [3.63, 3.8) is 0 Å². The minimum absolute atomic E-state index is 0.0271. The van der Waals surface area contributed by atoms with Crippen molar-refractivity contribution < 1.29 is 28.7 Å². The molecule has 288 valence electrons. The van der Waals surface area contributed by atoms with Crippen LogP contribution in [-0.2, 0) is 22.7 Å². The number of nitrogens with one attached hydrogen (secondary N) is 2. The average molecular weight is 777 g/mol. The van der Waals surface area contributed by atoms with E-state index >= 15 is 0 Å². The van der Waals surface area contributed by atoms with E-state index in [2.05, 4.69) is 37.0 Å². The molecule has 1 saturated carbocycles. The summed E-state index contributed by atoms with van der Waals surface area (Å²) in [7, 11) is 0. The monoisotopic (exact) mass is 776 g/mol. The lowest BCUT2D eigenvalue weighted by atomic mass is 9.85. The average Bonchev–Trinajstić information content (AvgIpc) is 3.70. The molecular formula is C41H41ClN8O6. The van der Waals surface area contributed by atoms with Crippen LogP contribution in [0.4, 0.5) is 5.95 Å². The number of carbonyl (C=O) groups excluding carboxylic acids is 5. The number of anilines is 1. The maximum atomic E-state index is 13.3. The zero-order valence-electron chi connectivity index (χ0n) is 30.8. The lowest BCUT2D eigenvalue weighted by molar-refractivity contribution is -0.136. The largest absolute Gasteiger partial charge is 0.462 e. The molecule has 8 rings (SSSR count). The fourth-order valence-electron chi connectivity index (χ4n) is 8.56. The van der Waals surface area contributed by atoms with Crippen LogP contribution in [0.5, 0.6) is 5.75 Å². The number of nitrogens with zero attached hydrogens (tertiary/aromatic N) is 6. The number of ether oxygens (including phenoxy) is 1. The molecule has 3 aromatic rings. The highest BCUT2D eigenvalue weighted by molar-refractivity contribution is 6.31. The van der Waals surface area contributed by atoms with Crippen molar-refractivity contribution in [3.8, 4) is 11.8 Å². The van der Waals surface area contributed by atoms with Gasteiger partial charge in [-0.1, -0.05) is 18.2 Å². The highest BCUT2D eigenvalue weighted by Gasteiger charge is 2.45. The van der Waals surface area contributed by atoms with Crippen molar-refractivity contribution in [1.29, 1.82) is 5.26 Å². The Kier molecular flexibility index (Phi) is 10.3. The first-order chi connectivity index (χ1) is 27.0. The summed E-state index contributed by atoms with van der Waals surface area (Å²) in [6.45, 7) is 7.94. The normalized spacial score (nSPS) is 22.7. The molecule has 0 spiro atoms. The maximum Gasteiger partial charge on any atom is 0.262 e. The van der Waals surface area contributed by atoms with Crippen LogP contribution < -0.4 is 20.3 Å². The van der Waals surface area contributed by atoms with Gasteiger partial charge in [0.05, 0.1) is 33.0 Å². The molecule has 5 amide bonds. The van der Waals surface area contributed by atoms with Gasteiger partial charge in [0.15, 0.2) is 0 Å². The van der Waals surface area contributed by atoms with Crippen LogP contribution in [-0.4, -0.2) is 81.0 Å². The van der Waals surface area contributed by atoms with Gasteiger partial charge in [0.25, 0.3) is 17.7 Å². The molecule has 5 heterocycles. The topological polar surface area (TPSA) is 178 Å². The van der Waals surface area contributed by atoms with Gasteiger partial charge < -0.3 is 15.0 Å². The number of halogens is 1. The molecule has 2 saturated heterocycles. The number of fused-ring (bicyclic) bond motifs is 2. The van der Waals surface area contributed by atoms with Crippen molar-refractivity contribution in [2.45, 2.75) is 76.5 Å². The predicted molar refractivity (Wildman–Crippen MR) is 203 cm³/mol. The molecule has 0 radical (unpaired) electrons. The number of aromatic nitrogens is 2. The first-order valence-electron chi connectivity index (χ1n) is 19.1. The smallest absolute Gasteiger partial charge is 0.262 e. The molecule has 3 fully saturated rings. The third-order valence-electron chi connectivity index (χ3n) is 11.7. The number of rotatable bonds is 9. The number of nitriles is 1. The van der Waals surface area contributed by atoms with E-state index < -0.39 is 29.7 Å². The first-order valence-corrected chi connectivity index (χ1v) is 19.5. The summed E-state index contributed by atoms with van der Waals surface area (Å²) in [5, 5.41) is 14.8. The third-order valence-corrected chi connectivity index (χ3v) is 12.0. The summed E-state index contributed by atoms with van der Waals surface area (Å²) in [5.74, 6) is 0.237. The number of hydrogen-bond acceptors (Lipinski definition) is 11. The SMILES string of the molecule is C=C(Oc1ccc(C#N)c(Cl)c1)C1CCC(NC(=O)c2cnc(N3CCC(CN4Cc5cc6c(cc5C4)C(=O)N(C4CCC(=O)NC4=O)C6=O)CC3)nc2)CC1. The number of allylic oxidation sites excluding steroid dienone is 1. The molecule has 0 bridgehead atoms. The fraction of sp³-hybridized carbons (Fsp3) is 0.415. The van der Waals surface area contributed by atoms with Gasteiger partial charge >= 0.3 is 0 Å². The number of piperidine rings is 2. The van der Waals surface area contributed by atoms with Crippen LogP contribution >= 0.6 is 11.6 Å². The second-order valence-corrected chi connectivity index (χ2v) is 15.7. The van der Waals surface area contributed by atoms with Crippen LogP contribution in [0.1, 0.15) is 99.1 Å². The Balaban J connectivity index is 0.773. The molecular weight excluding hydrogens is 736 g/mol. The number of hydrogen-bond donors (Lipinski definition) is 2. The fourth-order valence-corrected chi connectivity index (χ4v) is 8.78. The molecule has 15 heteroatoms. The van der Waals surface area contributed by atoms with Gasteiger partial charge in [-0.25, -0.2) is 9.97 Å². The molecule has 4 aliphatic heterocycles. The standard InChI is InChI=1S/C41H41ClN8O6/c1-23(56-31-7-4-26(17-43)34(42)16-31)25-2-5-30(6-3-25)46-37(52)29-18-44-41(45-19-29)49-12-10-24(11-13-49)20-48-21-27-14-32-33(15-28(27)22-48)40(55)50(39(32)54)35-8-9-36(51)47-38(35)53/h4,7,14-16,18-19,24-25,30,35H,1-3,5-6,8-13,20-22H2,(H,46,52)(H,47,51,53). The van der Waals surface area contributed by atoms with Crippen LogP contribution in [0.2, 0.25) is 5.02 Å². The Hall–Kier alpha value is -5.65. The summed E-state index contributed by atoms with van der Waals surface area (Å²) in [6, 6.07) is 9.65. The van der Waals surface area contributed by atoms with E-state index in [1.165, 1.54) is 0 Å². The Morgan fingerprint density at radius 2 is 1.61 bits per heavy atom. The predicted octanol–water partition coefficient (Wildman–Crippen LogP) is 4.52. The summed E-state index contributed by atoms with van der Waals surface area (Å²) in [6.07, 6.45) is 8.52. The zero-order valence-corrected chi connectivity index (χ0v) is 31.5. The minimum atomic E-state index is -0.972. The lowest BCUT2D eigenvalue weighted by Gasteiger charge is -2.33. The Morgan fingerprint density at radius 1 is 0.946 bits per heavy atom. The van der Waals surface area contributed by atoms with E-state index in [0.29, 0.717) is 63.7 Å². The van der Waals surface area contributed by atoms with E-state index in [4.69, 9.17) is 21.6 Å². The van der Waals surface area contributed by atoms with Gasteiger partial charge in [-0.2, -0.15) is 5.26 Å². The van der Waals surface area contributed by atoms with Gasteiger partial charge in [-0.15, -0.1) is 0 Å². The lowest BCUT2D eigenvalue weighted by Crippen LogP contribution is -2.54. The van der Waals surface area contributed by atoms with Crippen LogP contribution in [0.25, 0.3) is 0 Å². The van der Waals surface area contributed by atoms with Gasteiger partial charge in [0, 0.05) is 69.6 Å². The van der Waals surface area contributed by atoms with E-state index in [1.54, 1.807) is 42.7 Å². The van der Waals surface area contributed by atoms with Crippen LogP contribution in [0.3, 0.4) is 0 Å². The van der Waals surface area contributed by atoms with E-state index in [0.717, 1.165) is 74.2 Å². The summed E-state index contributed by atoms with van der Waals surface area (Å²) in [5.41, 5.74) is 3.48. The van der Waals surface area contributed by atoms with E-state index in [-0.39, 0.29) is 30.7 Å². The molecule has 14 nitrogen and oxygen atoms in total. The molecule has 1 aromatic heterocycles. The summed E-state index contributed by atoms with van der Waals surface area (Å²) >= 11 is 6.14. The Morgan fingerprint density at radius 3 is 2.21 bits per heavy atom. The molecule has 1 atom stereocenters. The van der Waals surface area contributed by atoms with Crippen LogP contribution in [0, 0.1) is 23.2 Å².